The van der Waals surface area contributed by atoms with Gasteiger partial charge in [0.15, 0.2) is 0 Å². The van der Waals surface area contributed by atoms with Crippen molar-refractivity contribution in [2.75, 3.05) is 39.3 Å². The second kappa shape index (κ2) is 9.71. The number of carbonyl (C=O) groups is 2. The zero-order valence-electron chi connectivity index (χ0n) is 13.9. The van der Waals surface area contributed by atoms with E-state index in [4.69, 9.17) is 0 Å². The lowest BCUT2D eigenvalue weighted by molar-refractivity contribution is -0.122. The highest BCUT2D eigenvalue weighted by atomic mass is 35.5. The number of halogens is 1. The van der Waals surface area contributed by atoms with Crippen LogP contribution in [0, 0.1) is 0 Å². The van der Waals surface area contributed by atoms with Gasteiger partial charge in [0, 0.05) is 31.7 Å². The third kappa shape index (κ3) is 5.67. The van der Waals surface area contributed by atoms with Gasteiger partial charge in [0.25, 0.3) is 5.91 Å². The summed E-state index contributed by atoms with van der Waals surface area (Å²) in [6, 6.07) is 5.72. The van der Waals surface area contributed by atoms with Crippen molar-refractivity contribution < 1.29 is 18.0 Å². The minimum atomic E-state index is -3.73. The average molecular weight is 391 g/mol. The Morgan fingerprint density at radius 2 is 1.92 bits per heavy atom. The molecule has 10 heteroatoms. The molecule has 140 valence electrons. The SMILES string of the molecule is CCNCCNC(=O)c1ccc(S(=O)(=O)N2CCNC(=O)C2)cc1.Cl. The normalized spacial score (nSPS) is 15.2. The van der Waals surface area contributed by atoms with Gasteiger partial charge in [0.05, 0.1) is 11.4 Å². The molecule has 25 heavy (non-hydrogen) atoms. The van der Waals surface area contributed by atoms with Crippen molar-refractivity contribution in [3.63, 3.8) is 0 Å². The highest BCUT2D eigenvalue weighted by Crippen LogP contribution is 2.17. The number of sulfonamides is 1. The van der Waals surface area contributed by atoms with Crippen molar-refractivity contribution in [3.8, 4) is 0 Å². The van der Waals surface area contributed by atoms with Crippen molar-refractivity contribution in [3.05, 3.63) is 29.8 Å². The zero-order chi connectivity index (χ0) is 17.6. The van der Waals surface area contributed by atoms with E-state index in [1.807, 2.05) is 6.92 Å². The van der Waals surface area contributed by atoms with E-state index in [1.54, 1.807) is 0 Å². The Balaban J connectivity index is 0.00000312. The Labute approximate surface area is 153 Å². The van der Waals surface area contributed by atoms with E-state index in [1.165, 1.54) is 24.3 Å². The molecule has 1 aromatic rings. The number of hydrogen-bond acceptors (Lipinski definition) is 5. The van der Waals surface area contributed by atoms with Gasteiger partial charge in [-0.25, -0.2) is 8.42 Å². The fraction of sp³-hybridized carbons (Fsp3) is 0.467. The van der Waals surface area contributed by atoms with Gasteiger partial charge in [-0.1, -0.05) is 6.92 Å². The summed E-state index contributed by atoms with van der Waals surface area (Å²) in [5.41, 5.74) is 0.391. The molecule has 1 aliphatic heterocycles. The second-order valence-corrected chi connectivity index (χ2v) is 7.26. The maximum absolute atomic E-state index is 12.5. The first-order chi connectivity index (χ1) is 11.4. The Bertz CT molecular complexity index is 694. The summed E-state index contributed by atoms with van der Waals surface area (Å²) in [6.07, 6.45) is 0. The molecule has 0 unspecified atom stereocenters. The third-order valence-corrected chi connectivity index (χ3v) is 5.45. The summed E-state index contributed by atoms with van der Waals surface area (Å²) in [5, 5.41) is 8.42. The number of amides is 2. The molecule has 8 nitrogen and oxygen atoms in total. The highest BCUT2D eigenvalue weighted by Gasteiger charge is 2.29. The maximum atomic E-state index is 12.5. The van der Waals surface area contributed by atoms with Gasteiger partial charge in [-0.15, -0.1) is 12.4 Å². The van der Waals surface area contributed by atoms with Crippen molar-refractivity contribution in [1.29, 1.82) is 0 Å². The van der Waals surface area contributed by atoms with Crippen molar-refractivity contribution in [1.82, 2.24) is 20.3 Å². The van der Waals surface area contributed by atoms with Crippen LogP contribution in [0.2, 0.25) is 0 Å². The molecule has 0 saturated carbocycles. The molecule has 0 aromatic heterocycles. The molecule has 1 aliphatic rings. The molecular weight excluding hydrogens is 368 g/mol. The van der Waals surface area contributed by atoms with Gasteiger partial charge < -0.3 is 16.0 Å². The van der Waals surface area contributed by atoms with Gasteiger partial charge in [-0.05, 0) is 30.8 Å². The van der Waals surface area contributed by atoms with Gasteiger partial charge in [0.2, 0.25) is 15.9 Å². The number of carbonyl (C=O) groups excluding carboxylic acids is 2. The standard InChI is InChI=1S/C15H22N4O4S.ClH/c1-2-16-7-8-18-15(21)12-3-5-13(6-4-12)24(22,23)19-10-9-17-14(20)11-19;/h3-6,16H,2,7-11H2,1H3,(H,17,20)(H,18,21);1H. The van der Waals surface area contributed by atoms with E-state index < -0.39 is 10.0 Å². The molecule has 1 heterocycles. The molecule has 0 aliphatic carbocycles. The number of piperazine rings is 1. The lowest BCUT2D eigenvalue weighted by Crippen LogP contribution is -2.49. The predicted molar refractivity (Wildman–Crippen MR) is 96.3 cm³/mol. The lowest BCUT2D eigenvalue weighted by atomic mass is 10.2. The summed E-state index contributed by atoms with van der Waals surface area (Å²) in [5.74, 6) is -0.573. The molecule has 1 aromatic carbocycles. The zero-order valence-corrected chi connectivity index (χ0v) is 15.6. The predicted octanol–water partition coefficient (Wildman–Crippen LogP) is -0.432. The van der Waals surface area contributed by atoms with E-state index in [0.29, 0.717) is 25.2 Å². The lowest BCUT2D eigenvalue weighted by Gasteiger charge is -2.25. The minimum absolute atomic E-state index is 0. The Kier molecular flexibility index (Phi) is 8.30. The topological polar surface area (TPSA) is 108 Å². The Hall–Kier alpha value is -1.68. The number of benzene rings is 1. The van der Waals surface area contributed by atoms with E-state index >= 15 is 0 Å². The van der Waals surface area contributed by atoms with Gasteiger partial charge >= 0.3 is 0 Å². The molecule has 2 amide bonds. The van der Waals surface area contributed by atoms with Crippen molar-refractivity contribution in [2.24, 2.45) is 0 Å². The van der Waals surface area contributed by atoms with Crippen LogP contribution in [0.15, 0.2) is 29.2 Å². The van der Waals surface area contributed by atoms with Crippen molar-refractivity contribution >= 4 is 34.2 Å². The van der Waals surface area contributed by atoms with Crippen LogP contribution in [0.4, 0.5) is 0 Å². The maximum Gasteiger partial charge on any atom is 0.251 e. The minimum Gasteiger partial charge on any atom is -0.354 e. The molecule has 0 atom stereocenters. The first-order valence-corrected chi connectivity index (χ1v) is 9.25. The van der Waals surface area contributed by atoms with Crippen LogP contribution in [0.25, 0.3) is 0 Å². The van der Waals surface area contributed by atoms with Crippen LogP contribution in [-0.4, -0.2) is 63.8 Å². The first kappa shape index (κ1) is 21.4. The molecule has 3 N–H and O–H groups in total. The molecule has 0 radical (unpaired) electrons. The largest absolute Gasteiger partial charge is 0.354 e. The number of rotatable bonds is 7. The summed E-state index contributed by atoms with van der Waals surface area (Å²) < 4.78 is 26.1. The van der Waals surface area contributed by atoms with E-state index in [0.717, 1.165) is 10.8 Å². The summed E-state index contributed by atoms with van der Waals surface area (Å²) in [4.78, 5) is 23.4. The van der Waals surface area contributed by atoms with Gasteiger partial charge in [-0.2, -0.15) is 4.31 Å². The molecule has 0 bridgehead atoms. The summed E-state index contributed by atoms with van der Waals surface area (Å²) in [6.45, 7) is 4.32. The number of nitrogens with one attached hydrogen (secondary N) is 3. The smallest absolute Gasteiger partial charge is 0.251 e. The second-order valence-electron chi connectivity index (χ2n) is 5.32. The quantitative estimate of drug-likeness (QED) is 0.547. The van der Waals surface area contributed by atoms with E-state index in [2.05, 4.69) is 16.0 Å². The third-order valence-electron chi connectivity index (χ3n) is 3.59. The average Bonchev–Trinajstić information content (AvgIpc) is 2.58. The van der Waals surface area contributed by atoms with E-state index in [9.17, 15) is 18.0 Å². The fourth-order valence-electron chi connectivity index (χ4n) is 2.29. The summed E-state index contributed by atoms with van der Waals surface area (Å²) in [7, 11) is -3.73. The van der Waals surface area contributed by atoms with Gasteiger partial charge in [0.1, 0.15) is 0 Å². The first-order valence-electron chi connectivity index (χ1n) is 7.81. The van der Waals surface area contributed by atoms with Crippen LogP contribution in [-0.2, 0) is 14.8 Å². The summed E-state index contributed by atoms with van der Waals surface area (Å²) >= 11 is 0. The Morgan fingerprint density at radius 3 is 2.52 bits per heavy atom. The van der Waals surface area contributed by atoms with Crippen LogP contribution >= 0.6 is 12.4 Å². The number of likely N-dealkylation sites (N-methyl/N-ethyl adjacent to an activating group) is 1. The fourth-order valence-corrected chi connectivity index (χ4v) is 3.69. The Morgan fingerprint density at radius 1 is 1.24 bits per heavy atom. The van der Waals surface area contributed by atoms with Crippen molar-refractivity contribution in [2.45, 2.75) is 11.8 Å². The van der Waals surface area contributed by atoms with Crippen LogP contribution in [0.5, 0.6) is 0 Å². The van der Waals surface area contributed by atoms with Crippen LogP contribution < -0.4 is 16.0 Å². The molecule has 1 fully saturated rings. The number of nitrogens with zero attached hydrogens (tertiary/aromatic N) is 1. The van der Waals surface area contributed by atoms with Crippen LogP contribution in [0.3, 0.4) is 0 Å². The molecule has 1 saturated heterocycles. The van der Waals surface area contributed by atoms with E-state index in [-0.39, 0.29) is 42.2 Å². The number of hydrogen-bond donors (Lipinski definition) is 3. The van der Waals surface area contributed by atoms with Gasteiger partial charge in [-0.3, -0.25) is 9.59 Å². The molecule has 0 spiro atoms. The molecule has 2 rings (SSSR count). The molecular formula is C15H23ClN4O4S. The highest BCUT2D eigenvalue weighted by molar-refractivity contribution is 7.89. The van der Waals surface area contributed by atoms with Crippen LogP contribution in [0.1, 0.15) is 17.3 Å². The monoisotopic (exact) mass is 390 g/mol.